The highest BCUT2D eigenvalue weighted by atomic mass is 16.5. The minimum atomic E-state index is -0.212. The molecule has 2 N–H and O–H groups in total. The summed E-state index contributed by atoms with van der Waals surface area (Å²) in [5.74, 6) is 1.01. The van der Waals surface area contributed by atoms with Gasteiger partial charge in [-0.1, -0.05) is 23.4 Å². The van der Waals surface area contributed by atoms with Crippen LogP contribution in [-0.4, -0.2) is 30.1 Å². The number of aromatic nitrogens is 1. The van der Waals surface area contributed by atoms with Crippen LogP contribution >= 0.6 is 0 Å². The first-order valence-corrected chi connectivity index (χ1v) is 9.30. The average molecular weight is 393 g/mol. The van der Waals surface area contributed by atoms with Gasteiger partial charge < -0.3 is 19.9 Å². The lowest BCUT2D eigenvalue weighted by Crippen LogP contribution is -2.34. The van der Waals surface area contributed by atoms with Crippen molar-refractivity contribution in [1.82, 2.24) is 15.8 Å². The Labute approximate surface area is 169 Å². The van der Waals surface area contributed by atoms with Crippen molar-refractivity contribution in [1.29, 1.82) is 0 Å². The molecule has 0 aliphatic carbocycles. The number of carbonyl (C=O) groups is 2. The Morgan fingerprint density at radius 1 is 0.897 bits per heavy atom. The smallest absolute Gasteiger partial charge is 0.251 e. The number of aryl methyl sites for hydroxylation is 2. The van der Waals surface area contributed by atoms with Crippen LogP contribution in [0.15, 0.2) is 59.1 Å². The van der Waals surface area contributed by atoms with Gasteiger partial charge in [-0.2, -0.15) is 0 Å². The van der Waals surface area contributed by atoms with Crippen molar-refractivity contribution in [3.63, 3.8) is 0 Å². The highest BCUT2D eigenvalue weighted by molar-refractivity contribution is 5.95. The zero-order valence-electron chi connectivity index (χ0n) is 16.4. The Morgan fingerprint density at radius 2 is 1.48 bits per heavy atom. The maximum absolute atomic E-state index is 12.2. The van der Waals surface area contributed by atoms with Crippen molar-refractivity contribution in [3.8, 4) is 5.75 Å². The molecule has 1 aromatic heterocycles. The maximum atomic E-state index is 12.2. The molecule has 0 radical (unpaired) electrons. The van der Waals surface area contributed by atoms with Crippen molar-refractivity contribution in [3.05, 3.63) is 82.7 Å². The Morgan fingerprint density at radius 3 is 2.03 bits per heavy atom. The maximum Gasteiger partial charge on any atom is 0.251 e. The molecule has 0 fully saturated rings. The van der Waals surface area contributed by atoms with Crippen LogP contribution < -0.4 is 15.4 Å². The Kier molecular flexibility index (Phi) is 6.63. The summed E-state index contributed by atoms with van der Waals surface area (Å²) < 4.78 is 10.8. The Balaban J connectivity index is 1.42. The van der Waals surface area contributed by atoms with Crippen molar-refractivity contribution < 1.29 is 18.8 Å². The number of nitrogens with zero attached hydrogens (tertiary/aromatic N) is 1. The summed E-state index contributed by atoms with van der Waals surface area (Å²) in [6.45, 7) is 4.74. The summed E-state index contributed by atoms with van der Waals surface area (Å²) in [4.78, 5) is 24.2. The first-order valence-electron chi connectivity index (χ1n) is 9.30. The summed E-state index contributed by atoms with van der Waals surface area (Å²) in [5.41, 5.74) is 2.83. The number of carbonyl (C=O) groups excluding carboxylic acids is 2. The highest BCUT2D eigenvalue weighted by Crippen LogP contribution is 2.17. The number of benzene rings is 2. The van der Waals surface area contributed by atoms with Gasteiger partial charge in [-0.15, -0.1) is 0 Å². The van der Waals surface area contributed by atoms with Crippen LogP contribution in [-0.2, 0) is 6.61 Å². The molecule has 0 bridgehead atoms. The summed E-state index contributed by atoms with van der Waals surface area (Å²) >= 11 is 0. The van der Waals surface area contributed by atoms with Gasteiger partial charge in [0.1, 0.15) is 18.1 Å². The van der Waals surface area contributed by atoms with Crippen LogP contribution in [0.3, 0.4) is 0 Å². The van der Waals surface area contributed by atoms with E-state index in [1.807, 2.05) is 19.9 Å². The van der Waals surface area contributed by atoms with Crippen molar-refractivity contribution >= 4 is 11.8 Å². The molecule has 0 saturated carbocycles. The second kappa shape index (κ2) is 9.54. The van der Waals surface area contributed by atoms with Gasteiger partial charge in [0.05, 0.1) is 11.3 Å². The van der Waals surface area contributed by atoms with Crippen LogP contribution in [0.2, 0.25) is 0 Å². The molecule has 150 valence electrons. The minimum Gasteiger partial charge on any atom is -0.489 e. The first kappa shape index (κ1) is 20.1. The zero-order valence-corrected chi connectivity index (χ0v) is 16.4. The van der Waals surface area contributed by atoms with E-state index in [4.69, 9.17) is 9.26 Å². The van der Waals surface area contributed by atoms with Gasteiger partial charge in [-0.3, -0.25) is 9.59 Å². The van der Waals surface area contributed by atoms with E-state index in [-0.39, 0.29) is 11.8 Å². The normalized spacial score (nSPS) is 10.4. The van der Waals surface area contributed by atoms with Gasteiger partial charge in [-0.25, -0.2) is 0 Å². The third-order valence-electron chi connectivity index (χ3n) is 4.41. The quantitative estimate of drug-likeness (QED) is 0.574. The molecule has 0 aliphatic heterocycles. The predicted molar refractivity (Wildman–Crippen MR) is 108 cm³/mol. The van der Waals surface area contributed by atoms with E-state index < -0.39 is 0 Å². The largest absolute Gasteiger partial charge is 0.489 e. The minimum absolute atomic E-state index is 0.167. The molecule has 7 heteroatoms. The fourth-order valence-electron chi connectivity index (χ4n) is 2.71. The van der Waals surface area contributed by atoms with E-state index in [0.29, 0.717) is 36.6 Å². The van der Waals surface area contributed by atoms with Gasteiger partial charge in [-0.05, 0) is 50.2 Å². The zero-order chi connectivity index (χ0) is 20.6. The highest BCUT2D eigenvalue weighted by Gasteiger charge is 2.10. The molecular weight excluding hydrogens is 370 g/mol. The van der Waals surface area contributed by atoms with E-state index >= 15 is 0 Å². The van der Waals surface area contributed by atoms with Crippen LogP contribution in [0.4, 0.5) is 0 Å². The number of hydrogen-bond acceptors (Lipinski definition) is 5. The molecular formula is C22H23N3O4. The van der Waals surface area contributed by atoms with Gasteiger partial charge in [0.25, 0.3) is 11.8 Å². The van der Waals surface area contributed by atoms with Crippen LogP contribution in [0.5, 0.6) is 5.75 Å². The van der Waals surface area contributed by atoms with Gasteiger partial charge >= 0.3 is 0 Å². The molecule has 0 spiro atoms. The van der Waals surface area contributed by atoms with Gasteiger partial charge in [0.15, 0.2) is 0 Å². The predicted octanol–water partition coefficient (Wildman–Crippen LogP) is 3.03. The second-order valence-electron chi connectivity index (χ2n) is 6.49. The van der Waals surface area contributed by atoms with E-state index in [9.17, 15) is 9.59 Å². The Hall–Kier alpha value is -3.61. The Bertz CT molecular complexity index is 946. The second-order valence-corrected chi connectivity index (χ2v) is 6.49. The third kappa shape index (κ3) is 5.44. The number of ether oxygens (including phenoxy) is 1. The third-order valence-corrected chi connectivity index (χ3v) is 4.41. The van der Waals surface area contributed by atoms with E-state index in [1.165, 1.54) is 0 Å². The number of amides is 2. The molecule has 1 heterocycles. The number of rotatable bonds is 8. The number of hydrogen-bond donors (Lipinski definition) is 2. The van der Waals surface area contributed by atoms with E-state index in [0.717, 1.165) is 17.0 Å². The molecule has 3 rings (SSSR count). The summed E-state index contributed by atoms with van der Waals surface area (Å²) in [6.07, 6.45) is 0. The number of nitrogens with one attached hydrogen (secondary N) is 2. The first-order chi connectivity index (χ1) is 14.0. The molecule has 3 aromatic rings. The van der Waals surface area contributed by atoms with Crippen LogP contribution in [0.25, 0.3) is 0 Å². The summed E-state index contributed by atoms with van der Waals surface area (Å²) in [6, 6.07) is 15.8. The van der Waals surface area contributed by atoms with Crippen LogP contribution in [0.1, 0.15) is 37.7 Å². The molecule has 29 heavy (non-hydrogen) atoms. The molecule has 2 amide bonds. The molecule has 0 saturated heterocycles. The molecule has 0 aliphatic rings. The topological polar surface area (TPSA) is 93.5 Å². The monoisotopic (exact) mass is 393 g/mol. The fraction of sp³-hybridized carbons (Fsp3) is 0.227. The molecule has 2 aromatic carbocycles. The SMILES string of the molecule is Cc1noc(C)c1COc1ccc(C(=O)NCCNC(=O)c2ccccc2)cc1. The van der Waals surface area contributed by atoms with E-state index in [2.05, 4.69) is 15.8 Å². The lowest BCUT2D eigenvalue weighted by atomic mass is 10.2. The summed E-state index contributed by atoms with van der Waals surface area (Å²) in [7, 11) is 0. The summed E-state index contributed by atoms with van der Waals surface area (Å²) in [5, 5.41) is 9.44. The molecule has 0 unspecified atom stereocenters. The van der Waals surface area contributed by atoms with Crippen molar-refractivity contribution in [2.24, 2.45) is 0 Å². The van der Waals surface area contributed by atoms with Crippen LogP contribution in [0, 0.1) is 13.8 Å². The fourth-order valence-corrected chi connectivity index (χ4v) is 2.71. The van der Waals surface area contributed by atoms with Crippen molar-refractivity contribution in [2.45, 2.75) is 20.5 Å². The van der Waals surface area contributed by atoms with Gasteiger partial charge in [0.2, 0.25) is 0 Å². The van der Waals surface area contributed by atoms with Crippen molar-refractivity contribution in [2.75, 3.05) is 13.1 Å². The lowest BCUT2D eigenvalue weighted by molar-refractivity contribution is 0.0927. The van der Waals surface area contributed by atoms with E-state index in [1.54, 1.807) is 48.5 Å². The lowest BCUT2D eigenvalue weighted by Gasteiger charge is -2.09. The molecule has 0 atom stereocenters. The molecule has 7 nitrogen and oxygen atoms in total. The average Bonchev–Trinajstić information content (AvgIpc) is 3.07. The standard InChI is InChI=1S/C22H23N3O4/c1-15-20(16(2)29-25-15)14-28-19-10-8-18(9-11-19)22(27)24-13-12-23-21(26)17-6-4-3-5-7-17/h3-11H,12-14H2,1-2H3,(H,23,26)(H,24,27). The van der Waals surface area contributed by atoms with Gasteiger partial charge in [0, 0.05) is 24.2 Å².